The molecule has 1 saturated carbocycles. The Morgan fingerprint density at radius 3 is 2.43 bits per heavy atom. The number of likely N-dealkylation sites (tertiary alicyclic amines) is 1. The van der Waals surface area contributed by atoms with Crippen LogP contribution in [0.2, 0.25) is 0 Å². The summed E-state index contributed by atoms with van der Waals surface area (Å²) in [5, 5.41) is 17.5. The molecule has 1 aromatic carbocycles. The summed E-state index contributed by atoms with van der Waals surface area (Å²) in [5.41, 5.74) is -2.95. The summed E-state index contributed by atoms with van der Waals surface area (Å²) in [4.78, 5) is 15.2. The van der Waals surface area contributed by atoms with Gasteiger partial charge in [-0.1, -0.05) is 0 Å². The Labute approximate surface area is 193 Å². The van der Waals surface area contributed by atoms with Crippen LogP contribution in [-0.4, -0.2) is 48.3 Å². The van der Waals surface area contributed by atoms with E-state index in [9.17, 15) is 31.1 Å². The molecule has 1 aliphatic carbocycles. The monoisotopic (exact) mass is 501 g/mol. The molecular formula is C20H17F6N7O2. The molecule has 2 fully saturated rings. The van der Waals surface area contributed by atoms with E-state index in [1.165, 1.54) is 24.2 Å². The number of carbonyl (C=O) groups excluding carboxylic acids is 1. The maximum atomic E-state index is 13.5. The Bertz CT molecular complexity index is 1260. The van der Waals surface area contributed by atoms with E-state index in [0.29, 0.717) is 0 Å². The Morgan fingerprint density at radius 1 is 1.11 bits per heavy atom. The van der Waals surface area contributed by atoms with Crippen molar-refractivity contribution in [2.24, 2.45) is 5.92 Å². The van der Waals surface area contributed by atoms with Crippen LogP contribution in [0.1, 0.15) is 36.6 Å². The maximum absolute atomic E-state index is 13.5. The van der Waals surface area contributed by atoms with Gasteiger partial charge in [0.15, 0.2) is 0 Å². The number of nitrogens with zero attached hydrogens (tertiary/aromatic N) is 6. The summed E-state index contributed by atoms with van der Waals surface area (Å²) in [6.07, 6.45) is -7.37. The van der Waals surface area contributed by atoms with E-state index >= 15 is 0 Å². The summed E-state index contributed by atoms with van der Waals surface area (Å²) in [7, 11) is 0. The number of fused-ring (bicyclic) bond motifs is 2. The molecule has 5 rings (SSSR count). The average molecular weight is 501 g/mol. The molecule has 186 valence electrons. The molecule has 15 heteroatoms. The second kappa shape index (κ2) is 7.68. The number of carbonyl (C=O) groups is 1. The molecule has 1 saturated heterocycles. The van der Waals surface area contributed by atoms with Gasteiger partial charge >= 0.3 is 18.4 Å². The molecule has 3 aromatic rings. The van der Waals surface area contributed by atoms with Crippen molar-refractivity contribution >= 4 is 11.7 Å². The number of alkyl halides is 6. The molecule has 1 unspecified atom stereocenters. The number of aryl methyl sites for hydroxylation is 1. The number of hydrogen-bond donors (Lipinski definition) is 1. The standard InChI is InChI=1S/C20H17F6N7O2/c1-10-30-31-16(35-10)18-8-11(19(21,22)23)6-13(9-18)32(18)17(34)29-12-2-3-14(20(24,25)26)15(7-12)33-27-4-5-28-33/h2-5,7,11,13H,6,8-9H2,1H3,(H,29,34)/t11-,13-,18?/m1/s1. The van der Waals surface area contributed by atoms with Gasteiger partial charge in [-0.25, -0.2) is 4.79 Å². The highest BCUT2D eigenvalue weighted by atomic mass is 19.4. The average Bonchev–Trinajstić information content (AvgIpc) is 3.44. The van der Waals surface area contributed by atoms with Crippen LogP contribution in [0.3, 0.4) is 0 Å². The van der Waals surface area contributed by atoms with Gasteiger partial charge in [-0.3, -0.25) is 0 Å². The second-order valence-corrected chi connectivity index (χ2v) is 8.54. The molecule has 1 aliphatic heterocycles. The van der Waals surface area contributed by atoms with E-state index in [1.54, 1.807) is 0 Å². The van der Waals surface area contributed by atoms with Crippen molar-refractivity contribution in [2.75, 3.05) is 5.32 Å². The van der Waals surface area contributed by atoms with Crippen LogP contribution in [-0.2, 0) is 11.7 Å². The minimum Gasteiger partial charge on any atom is -0.423 e. The summed E-state index contributed by atoms with van der Waals surface area (Å²) in [6.45, 7) is 1.48. The fraction of sp³-hybridized carbons (Fsp3) is 0.450. The van der Waals surface area contributed by atoms with Crippen LogP contribution >= 0.6 is 0 Å². The van der Waals surface area contributed by atoms with Crippen molar-refractivity contribution in [3.05, 3.63) is 47.9 Å². The van der Waals surface area contributed by atoms with Crippen LogP contribution in [0, 0.1) is 12.8 Å². The topological polar surface area (TPSA) is 102 Å². The maximum Gasteiger partial charge on any atom is 0.418 e. The SMILES string of the molecule is Cc1nnc(C23C[C@@H](C[C@@H](C(F)(F)F)C2)N3C(=O)Nc2ccc(C(F)(F)F)c(-n3nccn3)c2)o1. The van der Waals surface area contributed by atoms with E-state index in [2.05, 4.69) is 25.7 Å². The minimum absolute atomic E-state index is 0.0236. The molecular weight excluding hydrogens is 484 g/mol. The van der Waals surface area contributed by atoms with Gasteiger partial charge < -0.3 is 14.6 Å². The first kappa shape index (κ1) is 23.1. The first-order valence-electron chi connectivity index (χ1n) is 10.4. The van der Waals surface area contributed by atoms with Crippen molar-refractivity contribution in [1.29, 1.82) is 0 Å². The Morgan fingerprint density at radius 2 is 1.83 bits per heavy atom. The van der Waals surface area contributed by atoms with Crippen LogP contribution in [0.4, 0.5) is 36.8 Å². The van der Waals surface area contributed by atoms with E-state index in [0.717, 1.165) is 23.0 Å². The second-order valence-electron chi connectivity index (χ2n) is 8.54. The lowest BCUT2D eigenvalue weighted by Crippen LogP contribution is -2.71. The molecule has 3 atom stereocenters. The minimum atomic E-state index is -4.72. The first-order chi connectivity index (χ1) is 16.4. The van der Waals surface area contributed by atoms with Crippen LogP contribution < -0.4 is 5.32 Å². The third kappa shape index (κ3) is 3.87. The molecule has 35 heavy (non-hydrogen) atoms. The van der Waals surface area contributed by atoms with Crippen LogP contribution in [0.15, 0.2) is 35.0 Å². The summed E-state index contributed by atoms with van der Waals surface area (Å²) in [5.74, 6) is -1.64. The number of hydrogen-bond acceptors (Lipinski definition) is 6. The van der Waals surface area contributed by atoms with Crippen molar-refractivity contribution in [3.63, 3.8) is 0 Å². The molecule has 2 aliphatic rings. The highest BCUT2D eigenvalue weighted by Crippen LogP contribution is 2.58. The molecule has 2 bridgehead atoms. The van der Waals surface area contributed by atoms with Crippen molar-refractivity contribution < 1.29 is 35.6 Å². The summed E-state index contributed by atoms with van der Waals surface area (Å²) >= 11 is 0. The lowest BCUT2D eigenvalue weighted by molar-refractivity contribution is -0.229. The summed E-state index contributed by atoms with van der Waals surface area (Å²) < 4.78 is 86.4. The Hall–Kier alpha value is -3.65. The van der Waals surface area contributed by atoms with Gasteiger partial charge in [0.05, 0.1) is 29.6 Å². The lowest BCUT2D eigenvalue weighted by Gasteiger charge is -2.61. The zero-order valence-electron chi connectivity index (χ0n) is 17.9. The Kier molecular flexibility index (Phi) is 5.07. The quantitative estimate of drug-likeness (QED) is 0.532. The van der Waals surface area contributed by atoms with E-state index < -0.39 is 53.6 Å². The fourth-order valence-electron chi connectivity index (χ4n) is 4.92. The number of halogens is 6. The van der Waals surface area contributed by atoms with Gasteiger partial charge in [0.1, 0.15) is 5.54 Å². The molecule has 0 radical (unpaired) electrons. The number of nitrogens with one attached hydrogen (secondary N) is 1. The molecule has 1 N–H and O–H groups in total. The Balaban J connectivity index is 1.46. The smallest absolute Gasteiger partial charge is 0.418 e. The molecule has 2 amide bonds. The van der Waals surface area contributed by atoms with Crippen LogP contribution in [0.5, 0.6) is 0 Å². The first-order valence-corrected chi connectivity index (χ1v) is 10.4. The zero-order chi connectivity index (χ0) is 25.2. The van der Waals surface area contributed by atoms with Gasteiger partial charge in [-0.05, 0) is 31.0 Å². The lowest BCUT2D eigenvalue weighted by atomic mass is 9.63. The highest BCUT2D eigenvalue weighted by Gasteiger charge is 2.66. The number of anilines is 1. The fourth-order valence-corrected chi connectivity index (χ4v) is 4.92. The largest absolute Gasteiger partial charge is 0.423 e. The van der Waals surface area contributed by atoms with Gasteiger partial charge in [-0.15, -0.1) is 10.2 Å². The van der Waals surface area contributed by atoms with Crippen molar-refractivity contribution in [3.8, 4) is 5.69 Å². The van der Waals surface area contributed by atoms with E-state index in [1.807, 2.05) is 0 Å². The molecule has 9 nitrogen and oxygen atoms in total. The van der Waals surface area contributed by atoms with Gasteiger partial charge in [0, 0.05) is 25.1 Å². The van der Waals surface area contributed by atoms with Gasteiger partial charge in [-0.2, -0.15) is 41.3 Å². The molecule has 2 aromatic heterocycles. The zero-order valence-corrected chi connectivity index (χ0v) is 17.9. The van der Waals surface area contributed by atoms with E-state index in [-0.39, 0.29) is 30.3 Å². The van der Waals surface area contributed by atoms with Crippen LogP contribution in [0.25, 0.3) is 5.69 Å². The number of piperidine rings is 1. The number of rotatable bonds is 3. The number of amides is 2. The predicted molar refractivity (Wildman–Crippen MR) is 105 cm³/mol. The number of urea groups is 1. The highest BCUT2D eigenvalue weighted by molar-refractivity contribution is 5.91. The van der Waals surface area contributed by atoms with E-state index in [4.69, 9.17) is 4.42 Å². The van der Waals surface area contributed by atoms with Crippen molar-refractivity contribution in [2.45, 2.75) is 50.1 Å². The molecule has 3 heterocycles. The third-order valence-electron chi connectivity index (χ3n) is 6.33. The number of aromatic nitrogens is 5. The predicted octanol–water partition coefficient (Wildman–Crippen LogP) is 4.45. The summed E-state index contributed by atoms with van der Waals surface area (Å²) in [6, 6.07) is 1.30. The van der Waals surface area contributed by atoms with Gasteiger partial charge in [0.25, 0.3) is 0 Å². The molecule has 0 spiro atoms. The normalized spacial score (nSPS) is 24.3. The third-order valence-corrected chi connectivity index (χ3v) is 6.33. The van der Waals surface area contributed by atoms with Gasteiger partial charge in [0.2, 0.25) is 11.8 Å². The number of benzene rings is 1. The van der Waals surface area contributed by atoms with Crippen molar-refractivity contribution in [1.82, 2.24) is 30.1 Å².